The first-order valence-corrected chi connectivity index (χ1v) is 6.50. The fraction of sp³-hybridized carbons (Fsp3) is 0.500. The fourth-order valence-corrected chi connectivity index (χ4v) is 2.30. The normalized spacial score (nSPS) is 18.6. The Kier molecular flexibility index (Phi) is 4.27. The van der Waals surface area contributed by atoms with E-state index in [4.69, 9.17) is 15.2 Å². The Morgan fingerprint density at radius 3 is 2.95 bits per heavy atom. The molecular formula is C14H20N2O3. The second-order valence-electron chi connectivity index (χ2n) is 4.59. The van der Waals surface area contributed by atoms with Gasteiger partial charge in [-0.2, -0.15) is 0 Å². The highest BCUT2D eigenvalue weighted by atomic mass is 16.5. The van der Waals surface area contributed by atoms with E-state index in [-0.39, 0.29) is 12.1 Å². The van der Waals surface area contributed by atoms with Crippen molar-refractivity contribution >= 4 is 17.3 Å². The number of benzene rings is 1. The molecule has 1 aromatic rings. The van der Waals surface area contributed by atoms with Crippen LogP contribution in [0.15, 0.2) is 18.2 Å². The molecule has 19 heavy (non-hydrogen) atoms. The summed E-state index contributed by atoms with van der Waals surface area (Å²) in [6.07, 6.45) is 1.20. The van der Waals surface area contributed by atoms with E-state index < -0.39 is 0 Å². The van der Waals surface area contributed by atoms with E-state index in [1.54, 1.807) is 32.2 Å². The van der Waals surface area contributed by atoms with Gasteiger partial charge in [-0.1, -0.05) is 0 Å². The third-order valence-electron chi connectivity index (χ3n) is 3.36. The SMILES string of the molecule is CCOC(=O)c1ccc(N)c(N2CCC(OC)C2)c1. The minimum absolute atomic E-state index is 0.227. The van der Waals surface area contributed by atoms with Crippen LogP contribution in [-0.2, 0) is 9.47 Å². The van der Waals surface area contributed by atoms with Crippen molar-refractivity contribution in [1.29, 1.82) is 0 Å². The molecule has 1 saturated heterocycles. The lowest BCUT2D eigenvalue weighted by Gasteiger charge is -2.21. The van der Waals surface area contributed by atoms with Gasteiger partial charge in [0.1, 0.15) is 0 Å². The van der Waals surface area contributed by atoms with Crippen molar-refractivity contribution in [2.45, 2.75) is 19.4 Å². The maximum atomic E-state index is 11.7. The van der Waals surface area contributed by atoms with Gasteiger partial charge in [0.2, 0.25) is 0 Å². The molecule has 0 radical (unpaired) electrons. The van der Waals surface area contributed by atoms with Gasteiger partial charge in [-0.05, 0) is 31.5 Å². The van der Waals surface area contributed by atoms with Crippen LogP contribution in [0.3, 0.4) is 0 Å². The van der Waals surface area contributed by atoms with Crippen LogP contribution in [0.25, 0.3) is 0 Å². The van der Waals surface area contributed by atoms with Crippen LogP contribution in [0.4, 0.5) is 11.4 Å². The Hall–Kier alpha value is -1.75. The molecule has 2 N–H and O–H groups in total. The molecule has 0 spiro atoms. The number of nitrogens with zero attached hydrogens (tertiary/aromatic N) is 1. The molecule has 104 valence electrons. The van der Waals surface area contributed by atoms with Gasteiger partial charge in [0.25, 0.3) is 0 Å². The Morgan fingerprint density at radius 1 is 1.53 bits per heavy atom. The number of esters is 1. The number of nitrogens with two attached hydrogens (primary N) is 1. The molecule has 1 aliphatic rings. The molecular weight excluding hydrogens is 244 g/mol. The van der Waals surface area contributed by atoms with E-state index >= 15 is 0 Å². The van der Waals surface area contributed by atoms with Gasteiger partial charge in [-0.15, -0.1) is 0 Å². The minimum Gasteiger partial charge on any atom is -0.462 e. The third kappa shape index (κ3) is 2.98. The van der Waals surface area contributed by atoms with Crippen LogP contribution in [0.2, 0.25) is 0 Å². The van der Waals surface area contributed by atoms with Crippen molar-refractivity contribution in [3.63, 3.8) is 0 Å². The summed E-state index contributed by atoms with van der Waals surface area (Å²) >= 11 is 0. The van der Waals surface area contributed by atoms with Crippen LogP contribution < -0.4 is 10.6 Å². The summed E-state index contributed by atoms with van der Waals surface area (Å²) < 4.78 is 10.3. The van der Waals surface area contributed by atoms with Gasteiger partial charge in [-0.3, -0.25) is 0 Å². The van der Waals surface area contributed by atoms with Gasteiger partial charge in [0.05, 0.1) is 29.6 Å². The highest BCUT2D eigenvalue weighted by Gasteiger charge is 2.24. The average molecular weight is 264 g/mol. The standard InChI is InChI=1S/C14H20N2O3/c1-3-19-14(17)10-4-5-12(15)13(8-10)16-7-6-11(9-16)18-2/h4-5,8,11H,3,6-7,9,15H2,1-2H3. The first kappa shape index (κ1) is 13.7. The van der Waals surface area contributed by atoms with Gasteiger partial charge in [0, 0.05) is 20.2 Å². The lowest BCUT2D eigenvalue weighted by molar-refractivity contribution is 0.0526. The van der Waals surface area contributed by atoms with Crippen LogP contribution in [0.5, 0.6) is 0 Å². The molecule has 0 bridgehead atoms. The van der Waals surface area contributed by atoms with E-state index in [9.17, 15) is 4.79 Å². The largest absolute Gasteiger partial charge is 0.462 e. The molecule has 0 aliphatic carbocycles. The molecule has 1 unspecified atom stereocenters. The first-order chi connectivity index (χ1) is 9.15. The zero-order chi connectivity index (χ0) is 13.8. The molecule has 2 rings (SSSR count). The topological polar surface area (TPSA) is 64.8 Å². The van der Waals surface area contributed by atoms with Crippen LogP contribution in [0, 0.1) is 0 Å². The zero-order valence-electron chi connectivity index (χ0n) is 11.4. The number of ether oxygens (including phenoxy) is 2. The Morgan fingerprint density at radius 2 is 2.32 bits per heavy atom. The summed E-state index contributed by atoms with van der Waals surface area (Å²) in [5.74, 6) is -0.314. The van der Waals surface area contributed by atoms with E-state index in [1.165, 1.54) is 0 Å². The van der Waals surface area contributed by atoms with Crippen molar-refractivity contribution in [3.05, 3.63) is 23.8 Å². The number of anilines is 2. The molecule has 1 atom stereocenters. The van der Waals surface area contributed by atoms with Gasteiger partial charge >= 0.3 is 5.97 Å². The van der Waals surface area contributed by atoms with Crippen LogP contribution in [-0.4, -0.2) is 38.9 Å². The van der Waals surface area contributed by atoms with Gasteiger partial charge in [-0.25, -0.2) is 4.79 Å². The molecule has 0 amide bonds. The number of rotatable bonds is 4. The lowest BCUT2D eigenvalue weighted by Crippen LogP contribution is -2.23. The number of carbonyl (C=O) groups is 1. The summed E-state index contributed by atoms with van der Waals surface area (Å²) in [6, 6.07) is 5.24. The predicted molar refractivity (Wildman–Crippen MR) is 74.4 cm³/mol. The number of methoxy groups -OCH3 is 1. The van der Waals surface area contributed by atoms with Crippen LogP contribution in [0.1, 0.15) is 23.7 Å². The van der Waals surface area contributed by atoms with Gasteiger partial charge in [0.15, 0.2) is 0 Å². The number of nitrogen functional groups attached to an aromatic ring is 1. The summed E-state index contributed by atoms with van der Waals surface area (Å²) in [6.45, 7) is 3.84. The first-order valence-electron chi connectivity index (χ1n) is 6.50. The van der Waals surface area contributed by atoms with E-state index in [0.29, 0.717) is 17.9 Å². The fourth-order valence-electron chi connectivity index (χ4n) is 2.30. The summed E-state index contributed by atoms with van der Waals surface area (Å²) in [5, 5.41) is 0. The van der Waals surface area contributed by atoms with Crippen molar-refractivity contribution in [3.8, 4) is 0 Å². The van der Waals surface area contributed by atoms with E-state index in [1.807, 2.05) is 0 Å². The Bertz CT molecular complexity index is 462. The smallest absolute Gasteiger partial charge is 0.338 e. The molecule has 1 aromatic carbocycles. The second-order valence-corrected chi connectivity index (χ2v) is 4.59. The molecule has 1 fully saturated rings. The summed E-state index contributed by atoms with van der Waals surface area (Å²) in [7, 11) is 1.71. The van der Waals surface area contributed by atoms with Crippen molar-refractivity contribution < 1.29 is 14.3 Å². The third-order valence-corrected chi connectivity index (χ3v) is 3.36. The Balaban J connectivity index is 2.20. The molecule has 0 saturated carbocycles. The summed E-state index contributed by atoms with van der Waals surface area (Å²) in [4.78, 5) is 13.9. The van der Waals surface area contributed by atoms with Crippen molar-refractivity contribution in [2.24, 2.45) is 0 Å². The zero-order valence-corrected chi connectivity index (χ0v) is 11.4. The number of hydrogen-bond acceptors (Lipinski definition) is 5. The maximum absolute atomic E-state index is 11.7. The van der Waals surface area contributed by atoms with E-state index in [0.717, 1.165) is 25.2 Å². The lowest BCUT2D eigenvalue weighted by atomic mass is 10.1. The minimum atomic E-state index is -0.314. The van der Waals surface area contributed by atoms with Crippen molar-refractivity contribution in [2.75, 3.05) is 37.4 Å². The molecule has 1 heterocycles. The summed E-state index contributed by atoms with van der Waals surface area (Å²) in [5.41, 5.74) is 8.08. The van der Waals surface area contributed by atoms with E-state index in [2.05, 4.69) is 4.90 Å². The predicted octanol–water partition coefficient (Wildman–Crippen LogP) is 1.67. The highest BCUT2D eigenvalue weighted by Crippen LogP contribution is 2.28. The van der Waals surface area contributed by atoms with Crippen molar-refractivity contribution in [1.82, 2.24) is 0 Å². The second kappa shape index (κ2) is 5.93. The number of carbonyl (C=O) groups excluding carboxylic acids is 1. The van der Waals surface area contributed by atoms with Crippen LogP contribution >= 0.6 is 0 Å². The Labute approximate surface area is 113 Å². The monoisotopic (exact) mass is 264 g/mol. The molecule has 5 heteroatoms. The molecule has 5 nitrogen and oxygen atoms in total. The van der Waals surface area contributed by atoms with Gasteiger partial charge < -0.3 is 20.1 Å². The molecule has 1 aliphatic heterocycles. The molecule has 0 aromatic heterocycles. The maximum Gasteiger partial charge on any atom is 0.338 e. The highest BCUT2D eigenvalue weighted by molar-refractivity contribution is 5.92. The average Bonchev–Trinajstić information content (AvgIpc) is 2.88. The number of hydrogen-bond donors (Lipinski definition) is 1. The quantitative estimate of drug-likeness (QED) is 0.662.